The molecule has 1 N–H and O–H groups in total. The van der Waals surface area contributed by atoms with E-state index in [9.17, 15) is 12.8 Å². The molecule has 0 spiro atoms. The summed E-state index contributed by atoms with van der Waals surface area (Å²) < 4.78 is 40.3. The van der Waals surface area contributed by atoms with Gasteiger partial charge in [-0.05, 0) is 49.9 Å². The van der Waals surface area contributed by atoms with E-state index >= 15 is 0 Å². The summed E-state index contributed by atoms with van der Waals surface area (Å²) in [5.74, 6) is -0.434. The van der Waals surface area contributed by atoms with Crippen molar-refractivity contribution in [3.05, 3.63) is 29.1 Å². The van der Waals surface area contributed by atoms with E-state index in [-0.39, 0.29) is 24.1 Å². The summed E-state index contributed by atoms with van der Waals surface area (Å²) in [6, 6.07) is 2.42. The Kier molecular flexibility index (Phi) is 4.46. The van der Waals surface area contributed by atoms with E-state index in [1.807, 2.05) is 0 Å². The van der Waals surface area contributed by atoms with Gasteiger partial charge in [0.05, 0.1) is 11.5 Å². The van der Waals surface area contributed by atoms with Crippen LogP contribution in [0.2, 0.25) is 0 Å². The minimum absolute atomic E-state index is 0.0454. The minimum Gasteiger partial charge on any atom is -0.395 e. The maximum absolute atomic E-state index is 13.3. The molecule has 0 heterocycles. The first-order valence-corrected chi connectivity index (χ1v) is 8.21. The van der Waals surface area contributed by atoms with Crippen molar-refractivity contribution in [3.63, 3.8) is 0 Å². The van der Waals surface area contributed by atoms with Crippen LogP contribution < -0.4 is 0 Å². The monoisotopic (exact) mass is 301 g/mol. The van der Waals surface area contributed by atoms with Gasteiger partial charge in [0.25, 0.3) is 0 Å². The molecule has 4 nitrogen and oxygen atoms in total. The van der Waals surface area contributed by atoms with Gasteiger partial charge in [-0.25, -0.2) is 12.8 Å². The number of sulfonamides is 1. The summed E-state index contributed by atoms with van der Waals surface area (Å²) in [7, 11) is -3.69. The maximum Gasteiger partial charge on any atom is 0.243 e. The van der Waals surface area contributed by atoms with E-state index in [1.54, 1.807) is 13.8 Å². The van der Waals surface area contributed by atoms with Crippen LogP contribution in [-0.4, -0.2) is 37.0 Å². The van der Waals surface area contributed by atoms with Crippen molar-refractivity contribution in [2.75, 3.05) is 13.2 Å². The number of benzene rings is 1. The Morgan fingerprint density at radius 1 is 1.30 bits per heavy atom. The molecule has 1 aliphatic rings. The van der Waals surface area contributed by atoms with E-state index in [4.69, 9.17) is 5.11 Å². The second-order valence-corrected chi connectivity index (χ2v) is 7.12. The van der Waals surface area contributed by atoms with E-state index in [2.05, 4.69) is 0 Å². The molecule has 0 saturated heterocycles. The van der Waals surface area contributed by atoms with Crippen LogP contribution in [0.15, 0.2) is 17.0 Å². The highest BCUT2D eigenvalue weighted by Gasteiger charge is 2.36. The summed E-state index contributed by atoms with van der Waals surface area (Å²) in [6.07, 6.45) is 2.64. The lowest BCUT2D eigenvalue weighted by atomic mass is 9.93. The maximum atomic E-state index is 13.3. The Bertz CT molecular complexity index is 573. The number of nitrogens with zero attached hydrogens (tertiary/aromatic N) is 1. The molecule has 1 aromatic carbocycles. The molecule has 1 fully saturated rings. The summed E-state index contributed by atoms with van der Waals surface area (Å²) in [5, 5.41) is 9.13. The molecule has 0 amide bonds. The summed E-state index contributed by atoms with van der Waals surface area (Å²) in [5.41, 5.74) is 0.814. The van der Waals surface area contributed by atoms with Crippen molar-refractivity contribution in [3.8, 4) is 0 Å². The fraction of sp³-hybridized carbons (Fsp3) is 0.571. The molecule has 6 heteroatoms. The topological polar surface area (TPSA) is 57.6 Å². The van der Waals surface area contributed by atoms with Gasteiger partial charge in [-0.3, -0.25) is 0 Å². The largest absolute Gasteiger partial charge is 0.395 e. The second kappa shape index (κ2) is 5.79. The number of aliphatic hydroxyl groups excluding tert-OH is 1. The normalized spacial score (nSPS) is 16.4. The van der Waals surface area contributed by atoms with Crippen molar-refractivity contribution < 1.29 is 17.9 Å². The highest BCUT2D eigenvalue weighted by atomic mass is 32.2. The van der Waals surface area contributed by atoms with E-state index in [0.717, 1.165) is 19.3 Å². The van der Waals surface area contributed by atoms with Gasteiger partial charge in [-0.2, -0.15) is 4.31 Å². The molecule has 0 bridgehead atoms. The number of aryl methyl sites for hydroxylation is 2. The predicted molar refractivity (Wildman–Crippen MR) is 74.5 cm³/mol. The average Bonchev–Trinajstić information content (AvgIpc) is 2.23. The Labute approximate surface area is 119 Å². The Hall–Kier alpha value is -0.980. The Balaban J connectivity index is 2.47. The molecular formula is C14H20FNO3S. The molecule has 2 rings (SSSR count). The second-order valence-electron chi connectivity index (χ2n) is 5.29. The number of rotatable bonds is 5. The van der Waals surface area contributed by atoms with Crippen LogP contribution >= 0.6 is 0 Å². The lowest BCUT2D eigenvalue weighted by molar-refractivity contribution is 0.178. The smallest absolute Gasteiger partial charge is 0.243 e. The molecule has 1 aromatic rings. The van der Waals surface area contributed by atoms with Crippen LogP contribution in [0.25, 0.3) is 0 Å². The SMILES string of the molecule is Cc1cc(F)cc(C)c1S(=O)(=O)N(CCO)C1CCC1. The van der Waals surface area contributed by atoms with Gasteiger partial charge in [0.2, 0.25) is 10.0 Å². The number of aliphatic hydroxyl groups is 1. The summed E-state index contributed by atoms with van der Waals surface area (Å²) in [6.45, 7) is 3.07. The third-order valence-corrected chi connectivity index (χ3v) is 6.05. The third kappa shape index (κ3) is 2.73. The van der Waals surface area contributed by atoms with Gasteiger partial charge >= 0.3 is 0 Å². The van der Waals surface area contributed by atoms with Gasteiger partial charge in [0, 0.05) is 12.6 Å². The van der Waals surface area contributed by atoms with Gasteiger partial charge in [0.1, 0.15) is 5.82 Å². The molecule has 0 radical (unpaired) electrons. The van der Waals surface area contributed by atoms with Crippen LogP contribution in [0.5, 0.6) is 0 Å². The number of hydrogen-bond acceptors (Lipinski definition) is 3. The summed E-state index contributed by atoms with van der Waals surface area (Å²) >= 11 is 0. The highest BCUT2D eigenvalue weighted by Crippen LogP contribution is 2.32. The molecule has 1 aliphatic carbocycles. The number of halogens is 1. The van der Waals surface area contributed by atoms with E-state index in [1.165, 1.54) is 16.4 Å². The standard InChI is InChI=1S/C14H20FNO3S/c1-10-8-12(15)9-11(2)14(10)20(18,19)16(6-7-17)13-4-3-5-13/h8-9,13,17H,3-7H2,1-2H3. The quantitative estimate of drug-likeness (QED) is 0.904. The van der Waals surface area contributed by atoms with Crippen molar-refractivity contribution >= 4 is 10.0 Å². The average molecular weight is 301 g/mol. The third-order valence-electron chi connectivity index (χ3n) is 3.79. The van der Waals surface area contributed by atoms with Gasteiger partial charge < -0.3 is 5.11 Å². The van der Waals surface area contributed by atoms with Crippen LogP contribution in [0.3, 0.4) is 0 Å². The highest BCUT2D eigenvalue weighted by molar-refractivity contribution is 7.89. The first-order chi connectivity index (χ1) is 9.37. The molecule has 20 heavy (non-hydrogen) atoms. The van der Waals surface area contributed by atoms with Crippen molar-refractivity contribution in [1.29, 1.82) is 0 Å². The summed E-state index contributed by atoms with van der Waals surface area (Å²) in [4.78, 5) is 0.166. The molecule has 0 aliphatic heterocycles. The molecular weight excluding hydrogens is 281 g/mol. The van der Waals surface area contributed by atoms with Gasteiger partial charge in [0.15, 0.2) is 0 Å². The van der Waals surface area contributed by atoms with Crippen molar-refractivity contribution in [1.82, 2.24) is 4.31 Å². The Morgan fingerprint density at radius 2 is 1.85 bits per heavy atom. The van der Waals surface area contributed by atoms with Crippen LogP contribution in [0.4, 0.5) is 4.39 Å². The molecule has 112 valence electrons. The van der Waals surface area contributed by atoms with Crippen LogP contribution in [0, 0.1) is 19.7 Å². The minimum atomic E-state index is -3.69. The predicted octanol–water partition coefficient (Wildman–Crippen LogP) is 1.98. The van der Waals surface area contributed by atoms with Gasteiger partial charge in [-0.1, -0.05) is 6.42 Å². The lowest BCUT2D eigenvalue weighted by Crippen LogP contribution is -2.45. The van der Waals surface area contributed by atoms with Crippen LogP contribution in [0.1, 0.15) is 30.4 Å². The molecule has 0 unspecified atom stereocenters. The fourth-order valence-corrected chi connectivity index (χ4v) is 4.79. The Morgan fingerprint density at radius 3 is 2.25 bits per heavy atom. The zero-order valence-corrected chi connectivity index (χ0v) is 12.6. The zero-order chi connectivity index (χ0) is 14.9. The lowest BCUT2D eigenvalue weighted by Gasteiger charge is -2.36. The van der Waals surface area contributed by atoms with E-state index < -0.39 is 15.8 Å². The molecule has 1 saturated carbocycles. The van der Waals surface area contributed by atoms with E-state index in [0.29, 0.717) is 11.1 Å². The molecule has 0 atom stereocenters. The first kappa shape index (κ1) is 15.4. The van der Waals surface area contributed by atoms with Gasteiger partial charge in [-0.15, -0.1) is 0 Å². The number of hydrogen-bond donors (Lipinski definition) is 1. The van der Waals surface area contributed by atoms with Crippen LogP contribution in [-0.2, 0) is 10.0 Å². The van der Waals surface area contributed by atoms with Crippen molar-refractivity contribution in [2.45, 2.75) is 44.0 Å². The zero-order valence-electron chi connectivity index (χ0n) is 11.8. The first-order valence-electron chi connectivity index (χ1n) is 6.77. The van der Waals surface area contributed by atoms with Crippen molar-refractivity contribution in [2.24, 2.45) is 0 Å². The fourth-order valence-electron chi connectivity index (χ4n) is 2.69. The molecule has 0 aromatic heterocycles.